The second kappa shape index (κ2) is 7.95. The lowest BCUT2D eigenvalue weighted by atomic mass is 10.1. The maximum atomic E-state index is 12.6. The van der Waals surface area contributed by atoms with E-state index in [2.05, 4.69) is 18.7 Å². The topological polar surface area (TPSA) is 17.1 Å². The first-order valence-corrected chi connectivity index (χ1v) is 9.22. The van der Waals surface area contributed by atoms with Crippen molar-refractivity contribution in [2.24, 2.45) is 0 Å². The number of thioether (sulfide) groups is 1. The molecule has 0 fully saturated rings. The zero-order chi connectivity index (χ0) is 16.8. The molecule has 1 nitrogen and oxygen atoms in total. The summed E-state index contributed by atoms with van der Waals surface area (Å²) < 4.78 is 0.978. The van der Waals surface area contributed by atoms with Crippen molar-refractivity contribution in [2.45, 2.75) is 4.21 Å². The third-order valence-corrected chi connectivity index (χ3v) is 5.56. The van der Waals surface area contributed by atoms with Crippen molar-refractivity contribution in [3.8, 4) is 10.4 Å². The van der Waals surface area contributed by atoms with E-state index in [0.717, 1.165) is 25.8 Å². The average molecular weight is 348 g/mol. The molecule has 0 saturated carbocycles. The molecule has 3 aromatic rings. The lowest BCUT2D eigenvalue weighted by molar-refractivity contribution is 0.104. The van der Waals surface area contributed by atoms with E-state index in [1.807, 2.05) is 60.7 Å². The van der Waals surface area contributed by atoms with Gasteiger partial charge in [-0.15, -0.1) is 11.3 Å². The fraction of sp³-hybridized carbons (Fsp3) is 0. The highest BCUT2D eigenvalue weighted by molar-refractivity contribution is 8.04. The Morgan fingerprint density at radius 1 is 1.00 bits per heavy atom. The third-order valence-electron chi connectivity index (χ3n) is 3.44. The zero-order valence-electron chi connectivity index (χ0n) is 13.0. The van der Waals surface area contributed by atoms with Gasteiger partial charge in [0.1, 0.15) is 0 Å². The number of benzene rings is 2. The van der Waals surface area contributed by atoms with Gasteiger partial charge in [-0.2, -0.15) is 0 Å². The van der Waals surface area contributed by atoms with Crippen LogP contribution in [-0.2, 0) is 0 Å². The first-order chi connectivity index (χ1) is 11.8. The quantitative estimate of drug-likeness (QED) is 0.285. The minimum atomic E-state index is 0.0154. The summed E-state index contributed by atoms with van der Waals surface area (Å²) in [5.41, 5.74) is 2.87. The molecular formula is C21H16OS2. The number of carbonyl (C=O) groups excluding carboxylic acids is 1. The molecule has 0 aliphatic carbocycles. The summed E-state index contributed by atoms with van der Waals surface area (Å²) in [5, 5.41) is 1.76. The van der Waals surface area contributed by atoms with Crippen molar-refractivity contribution in [1.29, 1.82) is 0 Å². The van der Waals surface area contributed by atoms with Crippen molar-refractivity contribution in [3.05, 3.63) is 95.9 Å². The highest BCUT2D eigenvalue weighted by Crippen LogP contribution is 2.38. The van der Waals surface area contributed by atoms with Crippen LogP contribution in [0.2, 0.25) is 0 Å². The fourth-order valence-corrected chi connectivity index (χ4v) is 4.28. The molecule has 0 spiro atoms. The Bertz CT molecular complexity index is 861. The summed E-state index contributed by atoms with van der Waals surface area (Å²) in [6.45, 7) is 3.77. The van der Waals surface area contributed by atoms with Gasteiger partial charge < -0.3 is 0 Å². The molecule has 0 radical (unpaired) electrons. The molecular weight excluding hydrogens is 332 g/mol. The molecule has 0 aliphatic rings. The number of thiophene rings is 1. The predicted octanol–water partition coefficient (Wildman–Crippen LogP) is 6.55. The van der Waals surface area contributed by atoms with Crippen LogP contribution in [-0.4, -0.2) is 5.78 Å². The van der Waals surface area contributed by atoms with Gasteiger partial charge in [0.25, 0.3) is 0 Å². The Morgan fingerprint density at radius 3 is 2.33 bits per heavy atom. The molecule has 0 saturated heterocycles. The van der Waals surface area contributed by atoms with Crippen LogP contribution in [0, 0.1) is 0 Å². The van der Waals surface area contributed by atoms with E-state index in [0.29, 0.717) is 0 Å². The molecule has 0 N–H and O–H groups in total. The maximum Gasteiger partial charge on any atom is 0.187 e. The Kier molecular flexibility index (Phi) is 5.47. The first-order valence-electron chi connectivity index (χ1n) is 7.52. The van der Waals surface area contributed by atoms with Crippen LogP contribution in [0.4, 0.5) is 0 Å². The Labute approximate surface area is 150 Å². The van der Waals surface area contributed by atoms with E-state index in [1.165, 1.54) is 11.8 Å². The fourth-order valence-electron chi connectivity index (χ4n) is 2.28. The summed E-state index contributed by atoms with van der Waals surface area (Å²) >= 11 is 3.12. The summed E-state index contributed by atoms with van der Waals surface area (Å²) in [7, 11) is 0. The van der Waals surface area contributed by atoms with Gasteiger partial charge in [0.05, 0.1) is 4.21 Å². The zero-order valence-corrected chi connectivity index (χ0v) is 14.6. The molecule has 3 heteroatoms. The van der Waals surface area contributed by atoms with E-state index in [1.54, 1.807) is 22.8 Å². The normalized spacial score (nSPS) is 10.8. The Balaban J connectivity index is 1.91. The van der Waals surface area contributed by atoms with Crippen molar-refractivity contribution >= 4 is 35.0 Å². The van der Waals surface area contributed by atoms with Gasteiger partial charge in [0, 0.05) is 10.4 Å². The molecule has 24 heavy (non-hydrogen) atoms. The molecule has 0 atom stereocenters. The largest absolute Gasteiger partial charge is 0.289 e. The van der Waals surface area contributed by atoms with Gasteiger partial charge in [0.15, 0.2) is 5.78 Å². The molecule has 0 amide bonds. The number of rotatable bonds is 6. The van der Waals surface area contributed by atoms with Gasteiger partial charge in [-0.25, -0.2) is 0 Å². The van der Waals surface area contributed by atoms with E-state index < -0.39 is 0 Å². The standard InChI is InChI=1S/C21H16OS2/c1-2-23-21-18(15-20(24-21)17-11-7-4-8-12-17)19(22)14-13-16-9-5-3-6-10-16/h2-15H,1H2/b14-13+. The average Bonchev–Trinajstić information content (AvgIpc) is 3.06. The molecule has 2 aromatic carbocycles. The SMILES string of the molecule is C=CSc1sc(-c2ccccc2)cc1C(=O)/C=C/c1ccccc1. The second-order valence-electron chi connectivity index (χ2n) is 5.07. The molecule has 0 bridgehead atoms. The van der Waals surface area contributed by atoms with Gasteiger partial charge >= 0.3 is 0 Å². The maximum absolute atomic E-state index is 12.6. The van der Waals surface area contributed by atoms with Crippen molar-refractivity contribution in [1.82, 2.24) is 0 Å². The minimum Gasteiger partial charge on any atom is -0.289 e. The molecule has 0 aliphatic heterocycles. The van der Waals surface area contributed by atoms with Crippen LogP contribution < -0.4 is 0 Å². The lowest BCUT2D eigenvalue weighted by Crippen LogP contribution is -1.92. The lowest BCUT2D eigenvalue weighted by Gasteiger charge is -1.96. The first kappa shape index (κ1) is 16.5. The highest BCUT2D eigenvalue weighted by Gasteiger charge is 2.15. The van der Waals surface area contributed by atoms with Crippen molar-refractivity contribution in [3.63, 3.8) is 0 Å². The number of hydrogen-bond donors (Lipinski definition) is 0. The van der Waals surface area contributed by atoms with Crippen LogP contribution in [0.1, 0.15) is 15.9 Å². The summed E-state index contributed by atoms with van der Waals surface area (Å²) in [4.78, 5) is 13.7. The number of ketones is 1. The molecule has 118 valence electrons. The van der Waals surface area contributed by atoms with Gasteiger partial charge in [-0.1, -0.05) is 85.1 Å². The van der Waals surface area contributed by atoms with Crippen LogP contribution >= 0.6 is 23.1 Å². The minimum absolute atomic E-state index is 0.0154. The third kappa shape index (κ3) is 3.94. The van der Waals surface area contributed by atoms with E-state index in [9.17, 15) is 4.79 Å². The van der Waals surface area contributed by atoms with E-state index in [4.69, 9.17) is 0 Å². The molecule has 0 unspecified atom stereocenters. The smallest absolute Gasteiger partial charge is 0.187 e. The van der Waals surface area contributed by atoms with Gasteiger partial charge in [-0.05, 0) is 28.7 Å². The summed E-state index contributed by atoms with van der Waals surface area (Å²) in [6, 6.07) is 21.9. The van der Waals surface area contributed by atoms with Crippen molar-refractivity contribution in [2.75, 3.05) is 0 Å². The Hall–Kier alpha value is -2.36. The van der Waals surface area contributed by atoms with Crippen LogP contribution in [0.25, 0.3) is 16.5 Å². The predicted molar refractivity (Wildman–Crippen MR) is 106 cm³/mol. The molecule has 1 heterocycles. The monoisotopic (exact) mass is 348 g/mol. The van der Waals surface area contributed by atoms with Gasteiger partial charge in [0.2, 0.25) is 0 Å². The number of allylic oxidation sites excluding steroid dienone is 1. The van der Waals surface area contributed by atoms with Crippen LogP contribution in [0.15, 0.2) is 89.0 Å². The second-order valence-corrected chi connectivity index (χ2v) is 7.36. The number of carbonyl (C=O) groups is 1. The summed E-state index contributed by atoms with van der Waals surface area (Å²) in [6.07, 6.45) is 3.49. The van der Waals surface area contributed by atoms with E-state index in [-0.39, 0.29) is 5.78 Å². The van der Waals surface area contributed by atoms with Crippen LogP contribution in [0.5, 0.6) is 0 Å². The van der Waals surface area contributed by atoms with E-state index >= 15 is 0 Å². The highest BCUT2D eigenvalue weighted by atomic mass is 32.2. The van der Waals surface area contributed by atoms with Crippen LogP contribution in [0.3, 0.4) is 0 Å². The summed E-state index contributed by atoms with van der Waals surface area (Å²) in [5.74, 6) is 0.0154. The molecule has 1 aromatic heterocycles. The van der Waals surface area contributed by atoms with Crippen molar-refractivity contribution < 1.29 is 4.79 Å². The Morgan fingerprint density at radius 2 is 1.67 bits per heavy atom. The van der Waals surface area contributed by atoms with Gasteiger partial charge in [-0.3, -0.25) is 4.79 Å². The number of hydrogen-bond acceptors (Lipinski definition) is 3. The molecule has 3 rings (SSSR count).